The molecule has 146 valence electrons. The van der Waals surface area contributed by atoms with Crippen molar-refractivity contribution in [3.63, 3.8) is 0 Å². The van der Waals surface area contributed by atoms with Gasteiger partial charge in [0.1, 0.15) is 0 Å². The van der Waals surface area contributed by atoms with Crippen molar-refractivity contribution < 1.29 is 27.6 Å². The van der Waals surface area contributed by atoms with Crippen LogP contribution >= 0.6 is 7.60 Å². The van der Waals surface area contributed by atoms with Crippen molar-refractivity contribution in [2.24, 2.45) is 0 Å². The van der Waals surface area contributed by atoms with E-state index in [1.54, 1.807) is 0 Å². The van der Waals surface area contributed by atoms with Gasteiger partial charge in [0.2, 0.25) is 0 Å². The maximum Gasteiger partial charge on any atom is 0.500 e. The molecule has 0 spiro atoms. The molecule has 24 heavy (non-hydrogen) atoms. The second kappa shape index (κ2) is 11.8. The second-order valence-electron chi connectivity index (χ2n) is 5.82. The van der Waals surface area contributed by atoms with Crippen LogP contribution in [-0.4, -0.2) is 56.7 Å². The molecule has 0 aliphatic carbocycles. The van der Waals surface area contributed by atoms with Gasteiger partial charge in [-0.25, -0.2) is 0 Å². The van der Waals surface area contributed by atoms with Crippen molar-refractivity contribution in [1.29, 1.82) is 0 Å². The first-order valence-electron chi connectivity index (χ1n) is 8.93. The van der Waals surface area contributed by atoms with E-state index in [2.05, 4.69) is 5.32 Å². The first kappa shape index (κ1) is 24.2. The highest BCUT2D eigenvalue weighted by molar-refractivity contribution is 7.51. The normalized spacial score (nSPS) is 13.5. The molecule has 0 saturated carbocycles. The zero-order chi connectivity index (χ0) is 18.7. The third-order valence-electron chi connectivity index (χ3n) is 4.11. The minimum Gasteiger partial charge on any atom is -0.374 e. The Morgan fingerprint density at radius 1 is 0.958 bits per heavy atom. The highest BCUT2D eigenvalue weighted by Gasteiger charge is 2.40. The third-order valence-corrected chi connectivity index (χ3v) is 8.28. The average Bonchev–Trinajstić information content (AvgIpc) is 2.50. The minimum atomic E-state index is -4.06. The lowest BCUT2D eigenvalue weighted by atomic mass is 9.95. The van der Waals surface area contributed by atoms with Crippen LogP contribution in [0.3, 0.4) is 0 Å². The Morgan fingerprint density at radius 3 is 1.75 bits per heavy atom. The highest BCUT2D eigenvalue weighted by atomic mass is 31.2. The van der Waals surface area contributed by atoms with Gasteiger partial charge in [-0.2, -0.15) is 0 Å². The smallest absolute Gasteiger partial charge is 0.374 e. The lowest BCUT2D eigenvalue weighted by Gasteiger charge is -2.34. The molecule has 0 fully saturated rings. The average molecular weight is 386 g/mol. The highest BCUT2D eigenvalue weighted by Crippen LogP contribution is 2.40. The molecule has 7 nitrogen and oxygen atoms in total. The summed E-state index contributed by atoms with van der Waals surface area (Å²) in [5.74, 6) is 0. The fraction of sp³-hybridized carbons (Fsp3) is 1.00. The van der Waals surface area contributed by atoms with Crippen molar-refractivity contribution in [3.8, 4) is 0 Å². The molecule has 0 bridgehead atoms. The summed E-state index contributed by atoms with van der Waals surface area (Å²) in [6.45, 7) is 12.0. The molecular formula is C15H36NO6PSi. The summed E-state index contributed by atoms with van der Waals surface area (Å²) in [4.78, 5) is 18.7. The van der Waals surface area contributed by atoms with Gasteiger partial charge in [0.05, 0.1) is 6.16 Å². The zero-order valence-electron chi connectivity index (χ0n) is 15.8. The summed E-state index contributed by atoms with van der Waals surface area (Å²) < 4.78 is 28.9. The molecule has 0 aromatic carbocycles. The number of rotatable bonds is 15. The van der Waals surface area contributed by atoms with Gasteiger partial charge < -0.3 is 28.4 Å². The molecule has 0 atom stereocenters. The number of hydrogen-bond donors (Lipinski definition) is 3. The minimum absolute atomic E-state index is 0.141. The Bertz CT molecular complexity index is 358. The van der Waals surface area contributed by atoms with Gasteiger partial charge in [-0.3, -0.25) is 4.57 Å². The maximum absolute atomic E-state index is 11.4. The van der Waals surface area contributed by atoms with Crippen LogP contribution in [0, 0.1) is 0 Å². The van der Waals surface area contributed by atoms with E-state index in [-0.39, 0.29) is 6.16 Å². The first-order valence-corrected chi connectivity index (χ1v) is 12.7. The van der Waals surface area contributed by atoms with Gasteiger partial charge in [0.25, 0.3) is 0 Å². The van der Waals surface area contributed by atoms with E-state index in [1.165, 1.54) is 0 Å². The van der Waals surface area contributed by atoms with E-state index < -0.39 is 21.9 Å². The molecule has 0 saturated heterocycles. The van der Waals surface area contributed by atoms with Gasteiger partial charge >= 0.3 is 16.4 Å². The van der Waals surface area contributed by atoms with Crippen LogP contribution in [0.25, 0.3) is 0 Å². The topological polar surface area (TPSA) is 97.3 Å². The van der Waals surface area contributed by atoms with Crippen LogP contribution in [0.5, 0.6) is 0 Å². The molecule has 0 amide bonds. The lowest BCUT2D eigenvalue weighted by Crippen LogP contribution is -2.49. The predicted molar refractivity (Wildman–Crippen MR) is 98.3 cm³/mol. The first-order chi connectivity index (χ1) is 11.2. The Balaban J connectivity index is 4.70. The largest absolute Gasteiger partial charge is 0.500 e. The maximum atomic E-state index is 11.4. The van der Waals surface area contributed by atoms with Crippen LogP contribution in [0.1, 0.15) is 53.9 Å². The van der Waals surface area contributed by atoms with Crippen LogP contribution in [-0.2, 0) is 17.8 Å². The SMILES string of the molecule is CCO[Si](CCCNC(CC)(CC)CP(=O)(O)O)(OCC)OCC. The van der Waals surface area contributed by atoms with Gasteiger partial charge in [-0.15, -0.1) is 0 Å². The monoisotopic (exact) mass is 385 g/mol. The van der Waals surface area contributed by atoms with Crippen molar-refractivity contribution in [2.75, 3.05) is 32.5 Å². The Morgan fingerprint density at radius 2 is 1.42 bits per heavy atom. The standard InChI is InChI=1S/C15H36NO6PSi/c1-6-15(7-2,14-23(17,18)19)16-12-11-13-24(20-8-3,21-9-4)22-10-5/h16H,6-14H2,1-5H3,(H2,17,18,19). The molecule has 0 aromatic rings. The van der Waals surface area contributed by atoms with E-state index in [4.69, 9.17) is 13.3 Å². The van der Waals surface area contributed by atoms with Crippen molar-refractivity contribution >= 4 is 16.4 Å². The fourth-order valence-electron chi connectivity index (χ4n) is 2.83. The fourth-order valence-corrected chi connectivity index (χ4v) is 6.79. The molecule has 0 heterocycles. The van der Waals surface area contributed by atoms with Gasteiger partial charge in [0, 0.05) is 31.4 Å². The third kappa shape index (κ3) is 9.06. The summed E-state index contributed by atoms with van der Waals surface area (Å²) in [6.07, 6.45) is 1.96. The summed E-state index contributed by atoms with van der Waals surface area (Å²) >= 11 is 0. The van der Waals surface area contributed by atoms with Crippen LogP contribution in [0.4, 0.5) is 0 Å². The summed E-state index contributed by atoms with van der Waals surface area (Å²) in [5.41, 5.74) is -0.536. The zero-order valence-corrected chi connectivity index (χ0v) is 17.7. The van der Waals surface area contributed by atoms with E-state index in [1.807, 2.05) is 34.6 Å². The Kier molecular flexibility index (Phi) is 11.9. The van der Waals surface area contributed by atoms with Gasteiger partial charge in [-0.05, 0) is 46.6 Å². The van der Waals surface area contributed by atoms with Crippen LogP contribution < -0.4 is 5.32 Å². The summed E-state index contributed by atoms with van der Waals surface area (Å²) in [6, 6.07) is 0.689. The lowest BCUT2D eigenvalue weighted by molar-refractivity contribution is 0.0706. The van der Waals surface area contributed by atoms with Gasteiger partial charge in [-0.1, -0.05) is 13.8 Å². The molecule has 0 aliphatic rings. The Labute approximate surface area is 148 Å². The number of nitrogens with one attached hydrogen (secondary N) is 1. The van der Waals surface area contributed by atoms with Crippen LogP contribution in [0.2, 0.25) is 6.04 Å². The molecule has 0 rings (SSSR count). The van der Waals surface area contributed by atoms with Crippen molar-refractivity contribution in [3.05, 3.63) is 0 Å². The van der Waals surface area contributed by atoms with Crippen molar-refractivity contribution in [1.82, 2.24) is 5.32 Å². The van der Waals surface area contributed by atoms with E-state index >= 15 is 0 Å². The second-order valence-corrected chi connectivity index (χ2v) is 10.2. The molecule has 0 aliphatic heterocycles. The van der Waals surface area contributed by atoms with E-state index in [0.717, 1.165) is 6.42 Å². The molecule has 0 unspecified atom stereocenters. The molecule has 0 radical (unpaired) electrons. The quantitative estimate of drug-likeness (QED) is 0.226. The predicted octanol–water partition coefficient (Wildman–Crippen LogP) is 2.75. The molecule has 0 aromatic heterocycles. The van der Waals surface area contributed by atoms with E-state index in [0.29, 0.717) is 45.3 Å². The molecule has 3 N–H and O–H groups in total. The van der Waals surface area contributed by atoms with Gasteiger partial charge in [0.15, 0.2) is 0 Å². The van der Waals surface area contributed by atoms with Crippen LogP contribution in [0.15, 0.2) is 0 Å². The molecule has 9 heteroatoms. The number of hydrogen-bond acceptors (Lipinski definition) is 5. The molecular weight excluding hydrogens is 349 g/mol. The Hall–Kier alpha value is 0.207. The van der Waals surface area contributed by atoms with E-state index in [9.17, 15) is 14.4 Å². The van der Waals surface area contributed by atoms with Crippen molar-refractivity contribution in [2.45, 2.75) is 65.5 Å². The summed E-state index contributed by atoms with van der Waals surface area (Å²) in [7, 11) is -6.71. The summed E-state index contributed by atoms with van der Waals surface area (Å²) in [5, 5.41) is 3.35.